The maximum atomic E-state index is 12.1. The fourth-order valence-corrected chi connectivity index (χ4v) is 2.61. The predicted molar refractivity (Wildman–Crippen MR) is 81.2 cm³/mol. The van der Waals surface area contributed by atoms with Crippen LogP contribution in [0.5, 0.6) is 0 Å². The molecule has 2 rings (SSSR count). The molecule has 0 atom stereocenters. The maximum absolute atomic E-state index is 12.1. The van der Waals surface area contributed by atoms with Gasteiger partial charge in [-0.05, 0) is 42.9 Å². The smallest absolute Gasteiger partial charge is 0.335 e. The van der Waals surface area contributed by atoms with Crippen molar-refractivity contribution in [3.63, 3.8) is 0 Å². The topological polar surface area (TPSA) is 57.6 Å². The number of allylic oxidation sites excluding steroid dienone is 1. The van der Waals surface area contributed by atoms with Gasteiger partial charge in [-0.3, -0.25) is 4.79 Å². The minimum atomic E-state index is -0.928. The molecular formula is C17H21NO3. The molecule has 1 aliphatic heterocycles. The third-order valence-electron chi connectivity index (χ3n) is 4.05. The van der Waals surface area contributed by atoms with Gasteiger partial charge in [-0.15, -0.1) is 6.58 Å². The number of carbonyl (C=O) groups is 2. The van der Waals surface area contributed by atoms with Crippen LogP contribution in [-0.4, -0.2) is 35.0 Å². The van der Waals surface area contributed by atoms with E-state index in [9.17, 15) is 9.59 Å². The van der Waals surface area contributed by atoms with E-state index in [1.165, 1.54) is 0 Å². The number of aromatic carboxylic acids is 1. The van der Waals surface area contributed by atoms with E-state index < -0.39 is 5.97 Å². The Hall–Kier alpha value is -2.10. The minimum absolute atomic E-state index is 0.180. The molecule has 1 fully saturated rings. The normalized spacial score (nSPS) is 15.7. The van der Waals surface area contributed by atoms with E-state index in [4.69, 9.17) is 5.11 Å². The number of carboxylic acid groups (broad SMARTS) is 1. The number of aryl methyl sites for hydroxylation is 1. The van der Waals surface area contributed by atoms with Crippen LogP contribution in [0.1, 0.15) is 35.2 Å². The van der Waals surface area contributed by atoms with Crippen LogP contribution in [0.15, 0.2) is 36.9 Å². The number of piperidine rings is 1. The van der Waals surface area contributed by atoms with Gasteiger partial charge in [0.15, 0.2) is 0 Å². The number of hydrogen-bond acceptors (Lipinski definition) is 2. The Morgan fingerprint density at radius 1 is 1.24 bits per heavy atom. The quantitative estimate of drug-likeness (QED) is 0.847. The average Bonchev–Trinajstić information content (AvgIpc) is 2.53. The molecule has 0 aromatic heterocycles. The van der Waals surface area contributed by atoms with E-state index in [-0.39, 0.29) is 11.5 Å². The van der Waals surface area contributed by atoms with Crippen LogP contribution < -0.4 is 0 Å². The molecule has 1 aromatic rings. The molecule has 1 aromatic carbocycles. The summed E-state index contributed by atoms with van der Waals surface area (Å²) in [5.41, 5.74) is 1.27. The summed E-state index contributed by atoms with van der Waals surface area (Å²) in [7, 11) is 0. The van der Waals surface area contributed by atoms with Gasteiger partial charge in [0.05, 0.1) is 5.56 Å². The largest absolute Gasteiger partial charge is 0.478 e. The SMILES string of the molecule is C=CC1CCN(C(=O)CCc2ccc(C(=O)O)cc2)CC1. The Labute approximate surface area is 125 Å². The summed E-state index contributed by atoms with van der Waals surface area (Å²) in [6.45, 7) is 5.43. The van der Waals surface area contributed by atoms with Gasteiger partial charge in [0.1, 0.15) is 0 Å². The zero-order valence-electron chi connectivity index (χ0n) is 12.1. The maximum Gasteiger partial charge on any atom is 0.335 e. The van der Waals surface area contributed by atoms with Gasteiger partial charge in [0, 0.05) is 19.5 Å². The molecule has 0 saturated carbocycles. The van der Waals surface area contributed by atoms with Crippen LogP contribution in [0.3, 0.4) is 0 Å². The summed E-state index contributed by atoms with van der Waals surface area (Å²) in [5.74, 6) is -0.208. The highest BCUT2D eigenvalue weighted by Gasteiger charge is 2.20. The molecule has 4 heteroatoms. The Balaban J connectivity index is 1.81. The summed E-state index contributed by atoms with van der Waals surface area (Å²) in [4.78, 5) is 24.8. The van der Waals surface area contributed by atoms with Crippen LogP contribution in [0, 0.1) is 5.92 Å². The molecule has 1 saturated heterocycles. The third kappa shape index (κ3) is 4.18. The number of amides is 1. The van der Waals surface area contributed by atoms with Crippen molar-refractivity contribution >= 4 is 11.9 Å². The van der Waals surface area contributed by atoms with Gasteiger partial charge in [-0.1, -0.05) is 18.2 Å². The number of benzene rings is 1. The highest BCUT2D eigenvalue weighted by atomic mass is 16.4. The molecule has 21 heavy (non-hydrogen) atoms. The van der Waals surface area contributed by atoms with Crippen molar-refractivity contribution < 1.29 is 14.7 Å². The lowest BCUT2D eigenvalue weighted by molar-refractivity contribution is -0.132. The van der Waals surface area contributed by atoms with Gasteiger partial charge in [0.25, 0.3) is 0 Å². The van der Waals surface area contributed by atoms with E-state index in [0.717, 1.165) is 31.5 Å². The van der Waals surface area contributed by atoms with E-state index >= 15 is 0 Å². The van der Waals surface area contributed by atoms with E-state index in [2.05, 4.69) is 6.58 Å². The van der Waals surface area contributed by atoms with Crippen LogP contribution in [0.25, 0.3) is 0 Å². The van der Waals surface area contributed by atoms with Gasteiger partial charge in [-0.2, -0.15) is 0 Å². The van der Waals surface area contributed by atoms with Gasteiger partial charge in [0.2, 0.25) is 5.91 Å². The third-order valence-corrected chi connectivity index (χ3v) is 4.05. The first-order valence-electron chi connectivity index (χ1n) is 7.32. The number of rotatable bonds is 5. The number of nitrogens with zero attached hydrogens (tertiary/aromatic N) is 1. The van der Waals surface area contributed by atoms with Crippen LogP contribution in [0.2, 0.25) is 0 Å². The zero-order valence-corrected chi connectivity index (χ0v) is 12.1. The minimum Gasteiger partial charge on any atom is -0.478 e. The summed E-state index contributed by atoms with van der Waals surface area (Å²) >= 11 is 0. The van der Waals surface area contributed by atoms with Crippen LogP contribution in [0.4, 0.5) is 0 Å². The second-order valence-corrected chi connectivity index (χ2v) is 5.46. The van der Waals surface area contributed by atoms with Gasteiger partial charge in [-0.25, -0.2) is 4.79 Å². The first-order valence-corrected chi connectivity index (χ1v) is 7.32. The molecule has 1 N–H and O–H groups in total. The van der Waals surface area contributed by atoms with Crippen LogP contribution in [-0.2, 0) is 11.2 Å². The van der Waals surface area contributed by atoms with Gasteiger partial charge < -0.3 is 10.0 Å². The molecule has 0 aliphatic carbocycles. The molecule has 0 spiro atoms. The average molecular weight is 287 g/mol. The van der Waals surface area contributed by atoms with Crippen molar-refractivity contribution in [3.05, 3.63) is 48.0 Å². The molecular weight excluding hydrogens is 266 g/mol. The molecule has 0 unspecified atom stereocenters. The molecule has 1 amide bonds. The Kier molecular flexibility index (Phi) is 5.14. The Morgan fingerprint density at radius 2 is 1.86 bits per heavy atom. The first kappa shape index (κ1) is 15.3. The standard InChI is InChI=1S/C17H21NO3/c1-2-13-9-11-18(12-10-13)16(19)8-5-14-3-6-15(7-4-14)17(20)21/h2-4,6-7,13H,1,5,8-12H2,(H,20,21). The summed E-state index contributed by atoms with van der Waals surface area (Å²) in [6, 6.07) is 6.72. The van der Waals surface area contributed by atoms with Crippen molar-refractivity contribution in [2.24, 2.45) is 5.92 Å². The number of carbonyl (C=O) groups excluding carboxylic acids is 1. The summed E-state index contributed by atoms with van der Waals surface area (Å²) in [5, 5.41) is 8.84. The second kappa shape index (κ2) is 7.07. The highest BCUT2D eigenvalue weighted by Crippen LogP contribution is 2.18. The molecule has 0 radical (unpaired) electrons. The molecule has 1 aliphatic rings. The van der Waals surface area contributed by atoms with E-state index in [0.29, 0.717) is 18.8 Å². The number of carboxylic acids is 1. The summed E-state index contributed by atoms with van der Waals surface area (Å²) < 4.78 is 0. The molecule has 1 heterocycles. The highest BCUT2D eigenvalue weighted by molar-refractivity contribution is 5.87. The van der Waals surface area contributed by atoms with Crippen molar-refractivity contribution in [1.29, 1.82) is 0 Å². The lowest BCUT2D eigenvalue weighted by Crippen LogP contribution is -2.38. The van der Waals surface area contributed by atoms with E-state index in [1.807, 2.05) is 11.0 Å². The lowest BCUT2D eigenvalue weighted by Gasteiger charge is -2.30. The fourth-order valence-electron chi connectivity index (χ4n) is 2.61. The predicted octanol–water partition coefficient (Wildman–Crippen LogP) is 2.74. The first-order chi connectivity index (χ1) is 10.1. The van der Waals surface area contributed by atoms with E-state index in [1.54, 1.807) is 24.3 Å². The fraction of sp³-hybridized carbons (Fsp3) is 0.412. The lowest BCUT2D eigenvalue weighted by atomic mass is 9.96. The summed E-state index contributed by atoms with van der Waals surface area (Å²) in [6.07, 6.45) is 5.11. The second-order valence-electron chi connectivity index (χ2n) is 5.46. The molecule has 0 bridgehead atoms. The zero-order chi connectivity index (χ0) is 15.2. The van der Waals surface area contributed by atoms with Crippen molar-refractivity contribution in [1.82, 2.24) is 4.90 Å². The van der Waals surface area contributed by atoms with Crippen molar-refractivity contribution in [3.8, 4) is 0 Å². The van der Waals surface area contributed by atoms with Crippen molar-refractivity contribution in [2.45, 2.75) is 25.7 Å². The van der Waals surface area contributed by atoms with Crippen LogP contribution >= 0.6 is 0 Å². The monoisotopic (exact) mass is 287 g/mol. The van der Waals surface area contributed by atoms with Gasteiger partial charge >= 0.3 is 5.97 Å². The Bertz CT molecular complexity index is 513. The molecule has 4 nitrogen and oxygen atoms in total. The number of hydrogen-bond donors (Lipinski definition) is 1. The number of likely N-dealkylation sites (tertiary alicyclic amines) is 1. The molecule has 112 valence electrons. The Morgan fingerprint density at radius 3 is 2.38 bits per heavy atom. The van der Waals surface area contributed by atoms with Crippen molar-refractivity contribution in [2.75, 3.05) is 13.1 Å².